The van der Waals surface area contributed by atoms with Crippen LogP contribution in [0.15, 0.2) is 48.6 Å². The molecule has 1 aliphatic heterocycles. The molecule has 26 heavy (non-hydrogen) atoms. The summed E-state index contributed by atoms with van der Waals surface area (Å²) in [6.45, 7) is 10.8. The fourth-order valence-electron chi connectivity index (χ4n) is 3.41. The lowest BCUT2D eigenvalue weighted by molar-refractivity contribution is 0.211. The summed E-state index contributed by atoms with van der Waals surface area (Å²) in [6, 6.07) is 0. The molecule has 2 atom stereocenters. The van der Waals surface area contributed by atoms with E-state index in [1.54, 1.807) is 0 Å². The Bertz CT molecular complexity index is 526. The molecule has 1 nitrogen and oxygen atoms in total. The van der Waals surface area contributed by atoms with Crippen molar-refractivity contribution in [3.63, 3.8) is 0 Å². The quantitative estimate of drug-likeness (QED) is 0.318. The Kier molecular flexibility index (Phi) is 12.7. The van der Waals surface area contributed by atoms with Gasteiger partial charge in [-0.05, 0) is 70.4 Å². The standard InChI is InChI=1S/C25H39N/c1-5-14-23(3)16-9-7-8-10-17-24(15-6-2)18-11-12-19-25-20-13-21-26(4)22-25/h5,7,9,11-12,15,23,25H,1,6,8,13-14,16,18-22H2,2-4H3. The third-order valence-corrected chi connectivity index (χ3v) is 4.89. The topological polar surface area (TPSA) is 3.24 Å². The predicted octanol–water partition coefficient (Wildman–Crippen LogP) is 6.55. The first-order valence-electron chi connectivity index (χ1n) is 10.4. The molecule has 1 heteroatoms. The zero-order valence-electron chi connectivity index (χ0n) is 17.3. The summed E-state index contributed by atoms with van der Waals surface area (Å²) in [5, 5.41) is 0. The maximum Gasteiger partial charge on any atom is 0.0273 e. The molecule has 144 valence electrons. The summed E-state index contributed by atoms with van der Waals surface area (Å²) in [5.41, 5.74) is 1.26. The van der Waals surface area contributed by atoms with Crippen LogP contribution in [0.1, 0.15) is 65.2 Å². The molecule has 1 fully saturated rings. The minimum Gasteiger partial charge on any atom is -0.306 e. The maximum atomic E-state index is 3.80. The van der Waals surface area contributed by atoms with Crippen molar-refractivity contribution in [2.45, 2.75) is 65.2 Å². The van der Waals surface area contributed by atoms with E-state index in [-0.39, 0.29) is 0 Å². The summed E-state index contributed by atoms with van der Waals surface area (Å²) in [4.78, 5) is 2.46. The van der Waals surface area contributed by atoms with Gasteiger partial charge in [0.15, 0.2) is 0 Å². The largest absolute Gasteiger partial charge is 0.306 e. The Hall–Kier alpha value is -1.52. The van der Waals surface area contributed by atoms with E-state index in [0.717, 1.165) is 38.0 Å². The first-order valence-corrected chi connectivity index (χ1v) is 10.4. The normalized spacial score (nSPS) is 20.3. The fraction of sp³-hybridized carbons (Fsp3) is 0.600. The molecule has 2 unspecified atom stereocenters. The van der Waals surface area contributed by atoms with Crippen molar-refractivity contribution < 1.29 is 0 Å². The SMILES string of the molecule is C=CCC(C)CC=CCC#CC(=CCC)CC=CCC1CCCN(C)C1. The zero-order chi connectivity index (χ0) is 19.0. The van der Waals surface area contributed by atoms with Crippen molar-refractivity contribution in [2.24, 2.45) is 11.8 Å². The molecule has 0 aromatic heterocycles. The van der Waals surface area contributed by atoms with Crippen molar-refractivity contribution in [3.05, 3.63) is 48.6 Å². The average Bonchev–Trinajstić information content (AvgIpc) is 2.61. The smallest absolute Gasteiger partial charge is 0.0273 e. The van der Waals surface area contributed by atoms with Crippen LogP contribution in [0.2, 0.25) is 0 Å². The van der Waals surface area contributed by atoms with Crippen LogP contribution in [0.25, 0.3) is 0 Å². The van der Waals surface area contributed by atoms with Gasteiger partial charge >= 0.3 is 0 Å². The number of likely N-dealkylation sites (tertiary alicyclic amines) is 1. The van der Waals surface area contributed by atoms with Gasteiger partial charge in [0.1, 0.15) is 0 Å². The summed E-state index contributed by atoms with van der Waals surface area (Å²) >= 11 is 0. The first-order chi connectivity index (χ1) is 12.7. The van der Waals surface area contributed by atoms with Gasteiger partial charge in [-0.15, -0.1) is 6.58 Å². The Labute approximate surface area is 162 Å². The molecular formula is C25H39N. The average molecular weight is 354 g/mol. The van der Waals surface area contributed by atoms with Gasteiger partial charge < -0.3 is 4.90 Å². The van der Waals surface area contributed by atoms with E-state index in [0.29, 0.717) is 5.92 Å². The Morgan fingerprint density at radius 2 is 2.08 bits per heavy atom. The summed E-state index contributed by atoms with van der Waals surface area (Å²) in [5.74, 6) is 8.19. The van der Waals surface area contributed by atoms with Crippen LogP contribution in [0.4, 0.5) is 0 Å². The van der Waals surface area contributed by atoms with Gasteiger partial charge in [0.05, 0.1) is 0 Å². The molecule has 0 amide bonds. The summed E-state index contributed by atoms with van der Waals surface area (Å²) in [7, 11) is 2.24. The number of piperidine rings is 1. The van der Waals surface area contributed by atoms with Crippen molar-refractivity contribution in [3.8, 4) is 11.8 Å². The number of hydrogen-bond donors (Lipinski definition) is 0. The van der Waals surface area contributed by atoms with Crippen LogP contribution in [0.5, 0.6) is 0 Å². The zero-order valence-corrected chi connectivity index (χ0v) is 17.3. The molecule has 0 radical (unpaired) electrons. The highest BCUT2D eigenvalue weighted by Crippen LogP contribution is 2.19. The molecule has 1 rings (SSSR count). The molecule has 0 saturated carbocycles. The lowest BCUT2D eigenvalue weighted by atomic mass is 9.95. The van der Waals surface area contributed by atoms with Crippen LogP contribution < -0.4 is 0 Å². The highest BCUT2D eigenvalue weighted by atomic mass is 15.1. The van der Waals surface area contributed by atoms with Crippen molar-refractivity contribution >= 4 is 0 Å². The first kappa shape index (κ1) is 22.5. The monoisotopic (exact) mass is 353 g/mol. The molecular weight excluding hydrogens is 314 g/mol. The predicted molar refractivity (Wildman–Crippen MR) is 117 cm³/mol. The molecule has 1 heterocycles. The van der Waals surface area contributed by atoms with Crippen LogP contribution >= 0.6 is 0 Å². The lowest BCUT2D eigenvalue weighted by Gasteiger charge is -2.28. The fourth-order valence-corrected chi connectivity index (χ4v) is 3.41. The van der Waals surface area contributed by atoms with E-state index >= 15 is 0 Å². The molecule has 1 aliphatic rings. The highest BCUT2D eigenvalue weighted by Gasteiger charge is 2.15. The van der Waals surface area contributed by atoms with E-state index in [2.05, 4.69) is 74.6 Å². The number of allylic oxidation sites excluding steroid dienone is 7. The van der Waals surface area contributed by atoms with E-state index in [1.807, 2.05) is 6.08 Å². The van der Waals surface area contributed by atoms with Crippen LogP contribution in [0.3, 0.4) is 0 Å². The van der Waals surface area contributed by atoms with Gasteiger partial charge in [-0.25, -0.2) is 0 Å². The summed E-state index contributed by atoms with van der Waals surface area (Å²) < 4.78 is 0. The Morgan fingerprint density at radius 1 is 1.23 bits per heavy atom. The van der Waals surface area contributed by atoms with Gasteiger partial charge in [0.2, 0.25) is 0 Å². The maximum absolute atomic E-state index is 3.80. The van der Waals surface area contributed by atoms with Gasteiger partial charge in [-0.2, -0.15) is 0 Å². The molecule has 0 bridgehead atoms. The molecule has 0 aromatic carbocycles. The van der Waals surface area contributed by atoms with Crippen molar-refractivity contribution in [2.75, 3.05) is 20.1 Å². The second-order valence-corrected chi connectivity index (χ2v) is 7.66. The molecule has 0 N–H and O–H groups in total. The number of hydrogen-bond acceptors (Lipinski definition) is 1. The lowest BCUT2D eigenvalue weighted by Crippen LogP contribution is -2.31. The van der Waals surface area contributed by atoms with Crippen LogP contribution in [-0.4, -0.2) is 25.0 Å². The third kappa shape index (κ3) is 11.2. The minimum atomic E-state index is 0.682. The van der Waals surface area contributed by atoms with Gasteiger partial charge in [-0.3, -0.25) is 0 Å². The van der Waals surface area contributed by atoms with Crippen molar-refractivity contribution in [1.29, 1.82) is 0 Å². The van der Waals surface area contributed by atoms with Gasteiger partial charge in [0, 0.05) is 18.5 Å². The number of rotatable bonds is 10. The highest BCUT2D eigenvalue weighted by molar-refractivity contribution is 5.31. The van der Waals surface area contributed by atoms with E-state index < -0.39 is 0 Å². The van der Waals surface area contributed by atoms with E-state index in [1.165, 1.54) is 37.9 Å². The second-order valence-electron chi connectivity index (χ2n) is 7.66. The Morgan fingerprint density at radius 3 is 2.81 bits per heavy atom. The molecule has 0 spiro atoms. The Balaban J connectivity index is 2.33. The van der Waals surface area contributed by atoms with Gasteiger partial charge in [-0.1, -0.05) is 62.1 Å². The minimum absolute atomic E-state index is 0.682. The second kappa shape index (κ2) is 14.6. The van der Waals surface area contributed by atoms with Crippen LogP contribution in [0, 0.1) is 23.7 Å². The third-order valence-electron chi connectivity index (χ3n) is 4.89. The summed E-state index contributed by atoms with van der Waals surface area (Å²) in [6.07, 6.45) is 22.4. The molecule has 1 saturated heterocycles. The molecule has 0 aliphatic carbocycles. The van der Waals surface area contributed by atoms with Gasteiger partial charge in [0.25, 0.3) is 0 Å². The van der Waals surface area contributed by atoms with E-state index in [9.17, 15) is 0 Å². The van der Waals surface area contributed by atoms with Crippen LogP contribution in [-0.2, 0) is 0 Å². The number of nitrogens with zero attached hydrogens (tertiary/aromatic N) is 1. The van der Waals surface area contributed by atoms with Crippen molar-refractivity contribution in [1.82, 2.24) is 4.90 Å². The van der Waals surface area contributed by atoms with E-state index in [4.69, 9.17) is 0 Å². The molecule has 0 aromatic rings.